The van der Waals surface area contributed by atoms with E-state index in [9.17, 15) is 27.9 Å². The second-order valence-corrected chi connectivity index (χ2v) is 7.64. The van der Waals surface area contributed by atoms with E-state index in [0.29, 0.717) is 19.4 Å². The summed E-state index contributed by atoms with van der Waals surface area (Å²) >= 11 is 0. The standard InChI is InChI=1S/C22H25F3N4O4/c23-22(24,25)14-4-6-15(7-5-14)28-21(32)29-18-9-8-17(33-19(18)13-30)11-20(31)27-12-16-3-1-2-10-26-16/h1-7,10,17-19,30H,8-9,11-13H2,(H,27,31)(H2,28,29,32)/t17-,18+,19-/m1/s1. The molecule has 8 nitrogen and oxygen atoms in total. The van der Waals surface area contributed by atoms with Crippen molar-refractivity contribution in [2.45, 2.75) is 50.2 Å². The molecule has 178 valence electrons. The van der Waals surface area contributed by atoms with E-state index in [1.165, 1.54) is 0 Å². The first-order valence-corrected chi connectivity index (χ1v) is 10.4. The summed E-state index contributed by atoms with van der Waals surface area (Å²) in [4.78, 5) is 28.6. The van der Waals surface area contributed by atoms with Crippen LogP contribution in [0.2, 0.25) is 0 Å². The summed E-state index contributed by atoms with van der Waals surface area (Å²) in [5.74, 6) is -0.214. The number of nitrogens with zero attached hydrogens (tertiary/aromatic N) is 1. The number of halogens is 3. The van der Waals surface area contributed by atoms with Crippen LogP contribution in [-0.2, 0) is 22.3 Å². The van der Waals surface area contributed by atoms with Crippen LogP contribution in [0.15, 0.2) is 48.7 Å². The zero-order valence-corrected chi connectivity index (χ0v) is 17.6. The molecule has 3 amide bonds. The second kappa shape index (κ2) is 11.1. The highest BCUT2D eigenvalue weighted by Gasteiger charge is 2.33. The molecule has 1 aliphatic heterocycles. The van der Waals surface area contributed by atoms with Crippen molar-refractivity contribution in [3.8, 4) is 0 Å². The Morgan fingerprint density at radius 1 is 1.12 bits per heavy atom. The van der Waals surface area contributed by atoms with Gasteiger partial charge in [-0.25, -0.2) is 4.79 Å². The number of amides is 3. The molecule has 2 heterocycles. The molecule has 0 spiro atoms. The lowest BCUT2D eigenvalue weighted by atomic mass is 9.97. The van der Waals surface area contributed by atoms with Crippen LogP contribution in [0.3, 0.4) is 0 Å². The van der Waals surface area contributed by atoms with E-state index in [4.69, 9.17) is 4.74 Å². The van der Waals surface area contributed by atoms with Gasteiger partial charge in [-0.1, -0.05) is 6.07 Å². The van der Waals surface area contributed by atoms with Gasteiger partial charge in [0, 0.05) is 11.9 Å². The molecule has 1 aromatic heterocycles. The molecule has 0 unspecified atom stereocenters. The van der Waals surface area contributed by atoms with Crippen molar-refractivity contribution < 1.29 is 32.6 Å². The summed E-state index contributed by atoms with van der Waals surface area (Å²) in [5, 5.41) is 17.6. The summed E-state index contributed by atoms with van der Waals surface area (Å²) in [6, 6.07) is 8.32. The fourth-order valence-electron chi connectivity index (χ4n) is 3.50. The molecule has 4 N–H and O–H groups in total. The molecule has 1 aromatic carbocycles. The molecule has 1 aliphatic rings. The first-order valence-electron chi connectivity index (χ1n) is 10.4. The van der Waals surface area contributed by atoms with Crippen molar-refractivity contribution in [2.24, 2.45) is 0 Å². The molecule has 1 saturated heterocycles. The summed E-state index contributed by atoms with van der Waals surface area (Å²) in [6.45, 7) is -0.0681. The van der Waals surface area contributed by atoms with Crippen LogP contribution < -0.4 is 16.0 Å². The number of benzene rings is 1. The number of pyridine rings is 1. The molecular weight excluding hydrogens is 441 g/mol. The van der Waals surface area contributed by atoms with Crippen LogP contribution in [0.5, 0.6) is 0 Å². The number of anilines is 1. The first-order chi connectivity index (χ1) is 15.7. The number of carbonyl (C=O) groups is 2. The van der Waals surface area contributed by atoms with Gasteiger partial charge in [-0.05, 0) is 49.2 Å². The van der Waals surface area contributed by atoms with Crippen molar-refractivity contribution in [2.75, 3.05) is 11.9 Å². The minimum Gasteiger partial charge on any atom is -0.394 e. The predicted octanol–water partition coefficient (Wildman–Crippen LogP) is 2.84. The molecular formula is C22H25F3N4O4. The number of aliphatic hydroxyl groups excluding tert-OH is 1. The number of rotatable bonds is 7. The Balaban J connectivity index is 1.45. The van der Waals surface area contributed by atoms with E-state index in [0.717, 1.165) is 30.0 Å². The maximum atomic E-state index is 12.6. The molecule has 11 heteroatoms. The van der Waals surface area contributed by atoms with Crippen molar-refractivity contribution >= 4 is 17.6 Å². The third kappa shape index (κ3) is 7.43. The number of carbonyl (C=O) groups excluding carboxylic acids is 2. The highest BCUT2D eigenvalue weighted by atomic mass is 19.4. The van der Waals surface area contributed by atoms with Crippen molar-refractivity contribution in [1.82, 2.24) is 15.6 Å². The molecule has 0 aliphatic carbocycles. The summed E-state index contributed by atoms with van der Waals surface area (Å²) in [5.41, 5.74) is 0.108. The molecule has 0 bridgehead atoms. The van der Waals surface area contributed by atoms with Crippen molar-refractivity contribution in [3.63, 3.8) is 0 Å². The Hall–Kier alpha value is -3.18. The number of ether oxygens (including phenoxy) is 1. The zero-order chi connectivity index (χ0) is 23.8. The Bertz CT molecular complexity index is 925. The van der Waals surface area contributed by atoms with Crippen LogP contribution in [0.25, 0.3) is 0 Å². The maximum Gasteiger partial charge on any atom is 0.416 e. The van der Waals surface area contributed by atoms with Gasteiger partial charge in [0.25, 0.3) is 0 Å². The Kier molecular flexibility index (Phi) is 8.23. The number of aromatic nitrogens is 1. The fourth-order valence-corrected chi connectivity index (χ4v) is 3.50. The predicted molar refractivity (Wildman–Crippen MR) is 113 cm³/mol. The minimum absolute atomic E-state index is 0.105. The number of alkyl halides is 3. The van der Waals surface area contributed by atoms with Crippen molar-refractivity contribution in [1.29, 1.82) is 0 Å². The molecule has 1 fully saturated rings. The molecule has 3 atom stereocenters. The molecule has 3 rings (SSSR count). The monoisotopic (exact) mass is 466 g/mol. The quantitative estimate of drug-likeness (QED) is 0.501. The molecule has 0 saturated carbocycles. The summed E-state index contributed by atoms with van der Waals surface area (Å²) in [7, 11) is 0. The average Bonchev–Trinajstić information content (AvgIpc) is 2.79. The van der Waals surface area contributed by atoms with E-state index in [-0.39, 0.29) is 24.6 Å². The third-order valence-electron chi connectivity index (χ3n) is 5.19. The van der Waals surface area contributed by atoms with Gasteiger partial charge in [0.05, 0.1) is 43.0 Å². The highest BCUT2D eigenvalue weighted by molar-refractivity contribution is 5.89. The first kappa shape index (κ1) is 24.5. The normalized spacial score (nSPS) is 20.7. The van der Waals surface area contributed by atoms with Gasteiger partial charge in [-0.3, -0.25) is 9.78 Å². The van der Waals surface area contributed by atoms with E-state index in [2.05, 4.69) is 20.9 Å². The van der Waals surface area contributed by atoms with Gasteiger partial charge >= 0.3 is 12.2 Å². The highest BCUT2D eigenvalue weighted by Crippen LogP contribution is 2.30. The van der Waals surface area contributed by atoms with E-state index >= 15 is 0 Å². The van der Waals surface area contributed by atoms with Gasteiger partial charge in [0.2, 0.25) is 5.91 Å². The molecule has 2 aromatic rings. The SMILES string of the molecule is O=C(C[C@H]1CC[C@H](NC(=O)Nc2ccc(C(F)(F)F)cc2)[C@@H](CO)O1)NCc1ccccn1. The number of urea groups is 1. The van der Waals surface area contributed by atoms with E-state index in [1.54, 1.807) is 18.3 Å². The lowest BCUT2D eigenvalue weighted by Crippen LogP contribution is -2.52. The van der Waals surface area contributed by atoms with Crippen LogP contribution >= 0.6 is 0 Å². The van der Waals surface area contributed by atoms with Gasteiger partial charge in [-0.2, -0.15) is 13.2 Å². The number of aliphatic hydroxyl groups is 1. The zero-order valence-electron chi connectivity index (χ0n) is 17.6. The fraction of sp³-hybridized carbons (Fsp3) is 0.409. The second-order valence-electron chi connectivity index (χ2n) is 7.64. The van der Waals surface area contributed by atoms with Gasteiger partial charge < -0.3 is 25.8 Å². The Morgan fingerprint density at radius 2 is 1.88 bits per heavy atom. The summed E-state index contributed by atoms with van der Waals surface area (Å²) < 4.78 is 43.7. The third-order valence-corrected chi connectivity index (χ3v) is 5.19. The maximum absolute atomic E-state index is 12.6. The van der Waals surface area contributed by atoms with Crippen LogP contribution in [0.4, 0.5) is 23.7 Å². The van der Waals surface area contributed by atoms with Gasteiger partial charge in [0.1, 0.15) is 6.10 Å². The largest absolute Gasteiger partial charge is 0.416 e. The number of hydrogen-bond acceptors (Lipinski definition) is 5. The van der Waals surface area contributed by atoms with Crippen LogP contribution in [-0.4, -0.2) is 46.9 Å². The van der Waals surface area contributed by atoms with Crippen molar-refractivity contribution in [3.05, 3.63) is 59.9 Å². The lowest BCUT2D eigenvalue weighted by molar-refractivity contribution is -0.137. The van der Waals surface area contributed by atoms with Crippen LogP contribution in [0.1, 0.15) is 30.5 Å². The average molecular weight is 466 g/mol. The Labute approximate surface area is 188 Å². The van der Waals surface area contributed by atoms with E-state index < -0.39 is 36.0 Å². The minimum atomic E-state index is -4.46. The van der Waals surface area contributed by atoms with E-state index in [1.807, 2.05) is 6.07 Å². The Morgan fingerprint density at radius 3 is 2.52 bits per heavy atom. The van der Waals surface area contributed by atoms with Gasteiger partial charge in [0.15, 0.2) is 0 Å². The summed E-state index contributed by atoms with van der Waals surface area (Å²) in [6.07, 6.45) is -2.90. The van der Waals surface area contributed by atoms with Gasteiger partial charge in [-0.15, -0.1) is 0 Å². The number of hydrogen-bond donors (Lipinski definition) is 4. The van der Waals surface area contributed by atoms with Crippen LogP contribution in [0, 0.1) is 0 Å². The molecule has 0 radical (unpaired) electrons. The number of nitrogens with one attached hydrogen (secondary N) is 3. The lowest BCUT2D eigenvalue weighted by Gasteiger charge is -2.35. The smallest absolute Gasteiger partial charge is 0.394 e. The topological polar surface area (TPSA) is 113 Å². The molecule has 33 heavy (non-hydrogen) atoms.